The molecule has 1 aromatic heterocycles. The molecule has 0 spiro atoms. The fraction of sp³-hybridized carbons (Fsp3) is 0.238. The van der Waals surface area contributed by atoms with Crippen LogP contribution >= 0.6 is 11.3 Å². The monoisotopic (exact) mass is 425 g/mol. The van der Waals surface area contributed by atoms with Gasteiger partial charge >= 0.3 is 0 Å². The zero-order valence-electron chi connectivity index (χ0n) is 17.0. The van der Waals surface area contributed by atoms with Crippen molar-refractivity contribution < 1.29 is 14.3 Å². The van der Waals surface area contributed by atoms with Gasteiger partial charge < -0.3 is 20.3 Å². The highest BCUT2D eigenvalue weighted by molar-refractivity contribution is 7.13. The van der Waals surface area contributed by atoms with E-state index in [4.69, 9.17) is 4.74 Å². The van der Waals surface area contributed by atoms with Crippen molar-refractivity contribution >= 4 is 34.5 Å². The minimum Gasteiger partial charge on any atom is -0.378 e. The largest absolute Gasteiger partial charge is 0.378 e. The van der Waals surface area contributed by atoms with Gasteiger partial charge in [-0.05, 0) is 42.0 Å². The van der Waals surface area contributed by atoms with Gasteiger partial charge in [0, 0.05) is 44.7 Å². The van der Waals surface area contributed by atoms with Gasteiger partial charge in [0.05, 0.1) is 6.61 Å². The lowest BCUT2D eigenvalue weighted by molar-refractivity contribution is 0.0950. The van der Waals surface area contributed by atoms with Gasteiger partial charge in [-0.3, -0.25) is 9.59 Å². The number of methoxy groups -OCH3 is 1. The van der Waals surface area contributed by atoms with Crippen molar-refractivity contribution in [1.29, 1.82) is 0 Å². The van der Waals surface area contributed by atoms with E-state index in [0.717, 1.165) is 11.3 Å². The van der Waals surface area contributed by atoms with E-state index < -0.39 is 0 Å². The summed E-state index contributed by atoms with van der Waals surface area (Å²) >= 11 is 1.17. The van der Waals surface area contributed by atoms with Gasteiger partial charge in [0.15, 0.2) is 0 Å². The normalized spacial score (nSPS) is 10.5. The van der Waals surface area contributed by atoms with E-state index in [9.17, 15) is 9.59 Å². The van der Waals surface area contributed by atoms with Crippen LogP contribution in [-0.2, 0) is 17.9 Å². The molecule has 9 heteroatoms. The van der Waals surface area contributed by atoms with Crippen molar-refractivity contribution in [2.75, 3.05) is 31.4 Å². The first kappa shape index (κ1) is 21.4. The van der Waals surface area contributed by atoms with Gasteiger partial charge in [-0.15, -0.1) is 10.2 Å². The summed E-state index contributed by atoms with van der Waals surface area (Å²) in [6.07, 6.45) is 0. The first-order chi connectivity index (χ1) is 14.5. The number of nitrogens with zero attached hydrogens (tertiary/aromatic N) is 3. The maximum absolute atomic E-state index is 12.4. The summed E-state index contributed by atoms with van der Waals surface area (Å²) in [5.74, 6) is -0.536. The molecule has 30 heavy (non-hydrogen) atoms. The molecule has 1 heterocycles. The van der Waals surface area contributed by atoms with Crippen molar-refractivity contribution in [3.63, 3.8) is 0 Å². The van der Waals surface area contributed by atoms with Gasteiger partial charge in [0.25, 0.3) is 11.8 Å². The van der Waals surface area contributed by atoms with E-state index in [1.807, 2.05) is 43.3 Å². The number of carbonyl (C=O) groups is 2. The van der Waals surface area contributed by atoms with Crippen molar-refractivity contribution in [2.45, 2.75) is 13.2 Å². The number of nitrogens with one attached hydrogen (secondary N) is 2. The standard InChI is InChI=1S/C21H23N5O3S/c1-26(2)17-10-4-14(5-11-17)12-22-19(27)15-6-8-16(9-7-15)23-20(28)21-25-24-18(30-21)13-29-3/h4-11H,12-13H2,1-3H3,(H,22,27)(H,23,28). The Hall–Kier alpha value is -3.30. The Kier molecular flexibility index (Phi) is 7.10. The lowest BCUT2D eigenvalue weighted by atomic mass is 10.1. The molecule has 0 aliphatic heterocycles. The molecule has 156 valence electrons. The van der Waals surface area contributed by atoms with Crippen LogP contribution in [0.3, 0.4) is 0 Å². The van der Waals surface area contributed by atoms with Gasteiger partial charge in [0.1, 0.15) is 5.01 Å². The molecule has 0 bridgehead atoms. The SMILES string of the molecule is COCc1nnc(C(=O)Nc2ccc(C(=O)NCc3ccc(N(C)C)cc3)cc2)s1. The summed E-state index contributed by atoms with van der Waals surface area (Å²) < 4.78 is 4.97. The molecular formula is C21H23N5O3S. The zero-order chi connectivity index (χ0) is 21.5. The molecule has 0 saturated heterocycles. The highest BCUT2D eigenvalue weighted by Gasteiger charge is 2.13. The molecule has 0 fully saturated rings. The second-order valence-electron chi connectivity index (χ2n) is 6.71. The Labute approximate surface area is 178 Å². The highest BCUT2D eigenvalue weighted by Crippen LogP contribution is 2.15. The molecule has 0 saturated carbocycles. The molecule has 0 aliphatic carbocycles. The molecule has 3 rings (SSSR count). The molecule has 0 atom stereocenters. The molecule has 2 N–H and O–H groups in total. The van der Waals surface area contributed by atoms with Crippen LogP contribution in [0.25, 0.3) is 0 Å². The quantitative estimate of drug-likeness (QED) is 0.576. The van der Waals surface area contributed by atoms with E-state index in [1.165, 1.54) is 11.3 Å². The van der Waals surface area contributed by atoms with E-state index in [0.29, 0.717) is 29.4 Å². The third-order valence-electron chi connectivity index (χ3n) is 4.24. The Morgan fingerprint density at radius 2 is 1.70 bits per heavy atom. The number of hydrogen-bond donors (Lipinski definition) is 2. The zero-order valence-corrected chi connectivity index (χ0v) is 17.8. The van der Waals surface area contributed by atoms with Gasteiger partial charge in [-0.25, -0.2) is 0 Å². The number of hydrogen-bond acceptors (Lipinski definition) is 7. The van der Waals surface area contributed by atoms with E-state index in [1.54, 1.807) is 31.4 Å². The van der Waals surface area contributed by atoms with Crippen molar-refractivity contribution in [3.8, 4) is 0 Å². The van der Waals surface area contributed by atoms with Gasteiger partial charge in [0.2, 0.25) is 5.01 Å². The van der Waals surface area contributed by atoms with Gasteiger partial charge in [-0.1, -0.05) is 23.5 Å². The molecule has 8 nitrogen and oxygen atoms in total. The third-order valence-corrected chi connectivity index (χ3v) is 5.14. The molecular weight excluding hydrogens is 402 g/mol. The number of rotatable bonds is 8. The van der Waals surface area contributed by atoms with Crippen LogP contribution in [0.2, 0.25) is 0 Å². The van der Waals surface area contributed by atoms with Crippen LogP contribution in [0.15, 0.2) is 48.5 Å². The van der Waals surface area contributed by atoms with Crippen LogP contribution in [0, 0.1) is 0 Å². The van der Waals surface area contributed by atoms with Crippen LogP contribution in [0.4, 0.5) is 11.4 Å². The summed E-state index contributed by atoms with van der Waals surface area (Å²) in [7, 11) is 5.52. The van der Waals surface area contributed by atoms with Crippen molar-refractivity contribution in [3.05, 3.63) is 69.7 Å². The summed E-state index contributed by atoms with van der Waals surface area (Å²) in [5.41, 5.74) is 3.20. The highest BCUT2D eigenvalue weighted by atomic mass is 32.1. The predicted molar refractivity (Wildman–Crippen MR) is 117 cm³/mol. The minimum atomic E-state index is -0.353. The first-order valence-electron chi connectivity index (χ1n) is 9.23. The Balaban J connectivity index is 1.53. The maximum Gasteiger partial charge on any atom is 0.286 e. The fourth-order valence-corrected chi connectivity index (χ4v) is 3.32. The van der Waals surface area contributed by atoms with E-state index in [-0.39, 0.29) is 16.8 Å². The molecule has 0 unspecified atom stereocenters. The molecule has 3 aromatic rings. The number of aromatic nitrogens is 2. The fourth-order valence-electron chi connectivity index (χ4n) is 2.61. The lowest BCUT2D eigenvalue weighted by Gasteiger charge is -2.13. The molecule has 0 aliphatic rings. The number of anilines is 2. The average molecular weight is 426 g/mol. The topological polar surface area (TPSA) is 96.5 Å². The molecule has 0 radical (unpaired) electrons. The van der Waals surface area contributed by atoms with Gasteiger partial charge in [-0.2, -0.15) is 0 Å². The Bertz CT molecular complexity index is 1000. The summed E-state index contributed by atoms with van der Waals surface area (Å²) in [4.78, 5) is 26.6. The molecule has 2 aromatic carbocycles. The number of benzene rings is 2. The van der Waals surface area contributed by atoms with Crippen LogP contribution in [0.1, 0.15) is 30.7 Å². The van der Waals surface area contributed by atoms with Crippen molar-refractivity contribution in [2.24, 2.45) is 0 Å². The predicted octanol–water partition coefficient (Wildman–Crippen LogP) is 2.93. The lowest BCUT2D eigenvalue weighted by Crippen LogP contribution is -2.22. The summed E-state index contributed by atoms with van der Waals surface area (Å²) in [6.45, 7) is 0.750. The second-order valence-corrected chi connectivity index (χ2v) is 7.77. The third kappa shape index (κ3) is 5.62. The average Bonchev–Trinajstić information content (AvgIpc) is 3.22. The summed E-state index contributed by atoms with van der Waals surface area (Å²) in [6, 6.07) is 14.7. The first-order valence-corrected chi connectivity index (χ1v) is 10.0. The van der Waals surface area contributed by atoms with Crippen LogP contribution < -0.4 is 15.5 Å². The number of ether oxygens (including phenoxy) is 1. The minimum absolute atomic E-state index is 0.183. The van der Waals surface area contributed by atoms with Crippen LogP contribution in [0.5, 0.6) is 0 Å². The molecule has 2 amide bonds. The Morgan fingerprint density at radius 3 is 2.33 bits per heavy atom. The second kappa shape index (κ2) is 9.95. The van der Waals surface area contributed by atoms with Crippen LogP contribution in [-0.4, -0.2) is 43.2 Å². The number of carbonyl (C=O) groups excluding carboxylic acids is 2. The smallest absolute Gasteiger partial charge is 0.286 e. The Morgan fingerprint density at radius 1 is 1.00 bits per heavy atom. The van der Waals surface area contributed by atoms with Crippen molar-refractivity contribution in [1.82, 2.24) is 15.5 Å². The van der Waals surface area contributed by atoms with E-state index in [2.05, 4.69) is 20.8 Å². The maximum atomic E-state index is 12.4. The number of amides is 2. The summed E-state index contributed by atoms with van der Waals surface area (Å²) in [5, 5.41) is 14.3. The van der Waals surface area contributed by atoms with E-state index >= 15 is 0 Å².